The van der Waals surface area contributed by atoms with E-state index < -0.39 is 5.60 Å². The highest BCUT2D eigenvalue weighted by Crippen LogP contribution is 2.22. The van der Waals surface area contributed by atoms with Crippen LogP contribution in [0.25, 0.3) is 0 Å². The molecule has 0 N–H and O–H groups in total. The first-order chi connectivity index (χ1) is 7.78. The zero-order valence-corrected chi connectivity index (χ0v) is 12.8. The first-order valence-electron chi connectivity index (χ1n) is 5.25. The van der Waals surface area contributed by atoms with Gasteiger partial charge in [0.1, 0.15) is 5.60 Å². The summed E-state index contributed by atoms with van der Waals surface area (Å²) in [5.74, 6) is 0.0654. The van der Waals surface area contributed by atoms with Crippen molar-refractivity contribution >= 4 is 33.7 Å². The van der Waals surface area contributed by atoms with Crippen molar-refractivity contribution in [3.8, 4) is 0 Å². The number of thioether (sulfide) groups is 1. The van der Waals surface area contributed by atoms with Crippen LogP contribution in [0.1, 0.15) is 26.3 Å². The predicted molar refractivity (Wildman–Crippen MR) is 73.2 cm³/mol. The average Bonchev–Trinajstić information content (AvgIpc) is 2.17. The number of carbonyl (C=O) groups excluding carboxylic acids is 1. The summed E-state index contributed by atoms with van der Waals surface area (Å²) in [6.45, 7) is 7.57. The minimum atomic E-state index is -0.430. The number of carbonyl (C=O) groups is 1. The van der Waals surface area contributed by atoms with E-state index >= 15 is 0 Å². The van der Waals surface area contributed by atoms with Crippen molar-refractivity contribution in [3.63, 3.8) is 0 Å². The monoisotopic (exact) mass is 317 g/mol. The number of nitrogens with zero attached hydrogens (tertiary/aromatic N) is 1. The van der Waals surface area contributed by atoms with E-state index in [2.05, 4.69) is 20.9 Å². The minimum Gasteiger partial charge on any atom is -0.459 e. The maximum atomic E-state index is 11.5. The molecule has 0 radical (unpaired) electrons. The molecule has 1 heterocycles. The van der Waals surface area contributed by atoms with Crippen LogP contribution in [0.15, 0.2) is 21.8 Å². The fourth-order valence-electron chi connectivity index (χ4n) is 1.10. The Morgan fingerprint density at radius 3 is 2.71 bits per heavy atom. The van der Waals surface area contributed by atoms with E-state index in [9.17, 15) is 4.79 Å². The Morgan fingerprint density at radius 2 is 2.18 bits per heavy atom. The Bertz CT molecular complexity index is 415. The number of aromatic nitrogens is 1. The smallest absolute Gasteiger partial charge is 0.316 e. The summed E-state index contributed by atoms with van der Waals surface area (Å²) >= 11 is 4.77. The molecule has 1 aromatic rings. The normalized spacial score (nSPS) is 11.4. The second-order valence-electron chi connectivity index (χ2n) is 4.65. The van der Waals surface area contributed by atoms with Gasteiger partial charge in [-0.15, -0.1) is 0 Å². The Balaban J connectivity index is 2.50. The van der Waals surface area contributed by atoms with Crippen molar-refractivity contribution in [2.45, 2.75) is 38.3 Å². The maximum absolute atomic E-state index is 11.5. The Hall–Kier alpha value is -0.550. The molecular formula is C12H16BrNO2S. The lowest BCUT2D eigenvalue weighted by Crippen LogP contribution is -2.24. The van der Waals surface area contributed by atoms with Gasteiger partial charge in [0.05, 0.1) is 10.8 Å². The molecular weight excluding hydrogens is 302 g/mol. The van der Waals surface area contributed by atoms with E-state index in [1.165, 1.54) is 11.8 Å². The predicted octanol–water partition coefficient (Wildman–Crippen LogP) is 3.59. The third-order valence-electron chi connectivity index (χ3n) is 1.78. The van der Waals surface area contributed by atoms with Gasteiger partial charge in [-0.2, -0.15) is 0 Å². The molecule has 5 heteroatoms. The lowest BCUT2D eigenvalue weighted by molar-refractivity contribution is -0.151. The van der Waals surface area contributed by atoms with Gasteiger partial charge in [-0.25, -0.2) is 4.98 Å². The minimum absolute atomic E-state index is 0.218. The van der Waals surface area contributed by atoms with Crippen LogP contribution in [0.5, 0.6) is 0 Å². The standard InChI is InChI=1S/C12H16BrNO2S/c1-8-5-10(14-6-9(8)13)17-7-11(15)16-12(2,3)4/h5-6H,7H2,1-4H3. The summed E-state index contributed by atoms with van der Waals surface area (Å²) in [5, 5.41) is 0.830. The summed E-state index contributed by atoms with van der Waals surface area (Å²) in [5.41, 5.74) is 0.674. The van der Waals surface area contributed by atoms with Gasteiger partial charge in [-0.1, -0.05) is 11.8 Å². The number of ether oxygens (including phenoxy) is 1. The van der Waals surface area contributed by atoms with E-state index in [4.69, 9.17) is 4.74 Å². The SMILES string of the molecule is Cc1cc(SCC(=O)OC(C)(C)C)ncc1Br. The molecule has 0 bridgehead atoms. The van der Waals surface area contributed by atoms with Crippen LogP contribution in [0.3, 0.4) is 0 Å². The van der Waals surface area contributed by atoms with Gasteiger partial charge in [-0.05, 0) is 55.3 Å². The lowest BCUT2D eigenvalue weighted by atomic mass is 10.2. The van der Waals surface area contributed by atoms with Crippen molar-refractivity contribution in [3.05, 3.63) is 22.3 Å². The first-order valence-corrected chi connectivity index (χ1v) is 7.02. The fourth-order valence-corrected chi connectivity index (χ4v) is 2.03. The van der Waals surface area contributed by atoms with Crippen molar-refractivity contribution in [1.29, 1.82) is 0 Å². The third kappa shape index (κ3) is 5.55. The molecule has 0 saturated heterocycles. The van der Waals surface area contributed by atoms with Crippen LogP contribution in [0.2, 0.25) is 0 Å². The molecule has 0 aliphatic carbocycles. The molecule has 0 amide bonds. The van der Waals surface area contributed by atoms with Crippen molar-refractivity contribution in [2.24, 2.45) is 0 Å². The molecule has 0 saturated carbocycles. The van der Waals surface area contributed by atoms with Gasteiger partial charge >= 0.3 is 5.97 Å². The zero-order chi connectivity index (χ0) is 13.1. The quantitative estimate of drug-likeness (QED) is 0.631. The molecule has 0 aliphatic rings. The maximum Gasteiger partial charge on any atom is 0.316 e. The average molecular weight is 318 g/mol. The Labute approximate surface area is 114 Å². The van der Waals surface area contributed by atoms with Gasteiger partial charge in [-0.3, -0.25) is 4.79 Å². The van der Waals surface area contributed by atoms with E-state index in [0.717, 1.165) is 15.1 Å². The molecule has 3 nitrogen and oxygen atoms in total. The Kier molecular flexibility index (Phi) is 5.01. The molecule has 17 heavy (non-hydrogen) atoms. The number of rotatable bonds is 3. The number of aryl methyl sites for hydroxylation is 1. The number of halogens is 1. The summed E-state index contributed by atoms with van der Waals surface area (Å²) in [6.07, 6.45) is 1.74. The molecule has 0 aromatic carbocycles. The van der Waals surface area contributed by atoms with Crippen LogP contribution in [0, 0.1) is 6.92 Å². The van der Waals surface area contributed by atoms with Gasteiger partial charge < -0.3 is 4.74 Å². The zero-order valence-electron chi connectivity index (χ0n) is 10.4. The fraction of sp³-hybridized carbons (Fsp3) is 0.500. The van der Waals surface area contributed by atoms with Crippen LogP contribution in [-0.4, -0.2) is 22.3 Å². The highest BCUT2D eigenvalue weighted by atomic mass is 79.9. The van der Waals surface area contributed by atoms with Crippen molar-refractivity contribution in [1.82, 2.24) is 4.98 Å². The molecule has 94 valence electrons. The van der Waals surface area contributed by atoms with Crippen LogP contribution in [0.4, 0.5) is 0 Å². The van der Waals surface area contributed by atoms with E-state index in [1.54, 1.807) is 6.20 Å². The highest BCUT2D eigenvalue weighted by molar-refractivity contribution is 9.10. The molecule has 0 atom stereocenters. The molecule has 0 unspecified atom stereocenters. The summed E-state index contributed by atoms with van der Waals surface area (Å²) in [6, 6.07) is 1.94. The van der Waals surface area contributed by atoms with E-state index in [0.29, 0.717) is 0 Å². The molecule has 0 spiro atoms. The van der Waals surface area contributed by atoms with Crippen LogP contribution < -0.4 is 0 Å². The molecule has 1 aromatic heterocycles. The lowest BCUT2D eigenvalue weighted by Gasteiger charge is -2.19. The Morgan fingerprint density at radius 1 is 1.53 bits per heavy atom. The van der Waals surface area contributed by atoms with Crippen LogP contribution >= 0.6 is 27.7 Å². The second kappa shape index (κ2) is 5.87. The van der Waals surface area contributed by atoms with Gasteiger partial charge in [0, 0.05) is 10.7 Å². The molecule has 0 fully saturated rings. The second-order valence-corrected chi connectivity index (χ2v) is 6.50. The summed E-state index contributed by atoms with van der Waals surface area (Å²) in [4.78, 5) is 15.7. The van der Waals surface area contributed by atoms with Gasteiger partial charge in [0.2, 0.25) is 0 Å². The number of pyridine rings is 1. The van der Waals surface area contributed by atoms with Crippen LogP contribution in [-0.2, 0) is 9.53 Å². The van der Waals surface area contributed by atoms with Gasteiger partial charge in [0.15, 0.2) is 0 Å². The number of esters is 1. The summed E-state index contributed by atoms with van der Waals surface area (Å²) in [7, 11) is 0. The van der Waals surface area contributed by atoms with Crippen molar-refractivity contribution < 1.29 is 9.53 Å². The third-order valence-corrected chi connectivity index (χ3v) is 3.51. The highest BCUT2D eigenvalue weighted by Gasteiger charge is 2.16. The molecule has 1 rings (SSSR count). The number of hydrogen-bond donors (Lipinski definition) is 0. The largest absolute Gasteiger partial charge is 0.459 e. The number of hydrogen-bond acceptors (Lipinski definition) is 4. The topological polar surface area (TPSA) is 39.2 Å². The van der Waals surface area contributed by atoms with Gasteiger partial charge in [0.25, 0.3) is 0 Å². The van der Waals surface area contributed by atoms with E-state index in [1.807, 2.05) is 33.8 Å². The molecule has 0 aliphatic heterocycles. The first kappa shape index (κ1) is 14.5. The van der Waals surface area contributed by atoms with E-state index in [-0.39, 0.29) is 11.7 Å². The van der Waals surface area contributed by atoms with Crippen molar-refractivity contribution in [2.75, 3.05) is 5.75 Å². The summed E-state index contributed by atoms with van der Waals surface area (Å²) < 4.78 is 6.19.